The van der Waals surface area contributed by atoms with E-state index in [0.29, 0.717) is 0 Å². The second-order valence-corrected chi connectivity index (χ2v) is 2.45. The Kier molecular flexibility index (Phi) is 1.36. The van der Waals surface area contributed by atoms with E-state index in [-0.39, 0.29) is 6.54 Å². The quantitative estimate of drug-likeness (QED) is 0.692. The predicted octanol–water partition coefficient (Wildman–Crippen LogP) is 0.220. The summed E-state index contributed by atoms with van der Waals surface area (Å²) in [5, 5.41) is 12.5. The topological polar surface area (TPSA) is 59.5 Å². The maximum Gasteiger partial charge on any atom is 0.323 e. The van der Waals surface area contributed by atoms with E-state index < -0.39 is 5.97 Å². The zero-order valence-electron chi connectivity index (χ0n) is 6.21. The average Bonchev–Trinajstić information content (AvgIpc) is 2.52. The summed E-state index contributed by atoms with van der Waals surface area (Å²) in [5.41, 5.74) is 0.789. The van der Waals surface area contributed by atoms with Crippen LogP contribution in [0.1, 0.15) is 0 Å². The standard InChI is InChI=1S/C7H7N3O2/c11-7(12)5-9-3-4-10-6(9)1-2-8-10/h1-4H,5H2,(H,11,12). The van der Waals surface area contributed by atoms with E-state index in [4.69, 9.17) is 5.11 Å². The molecule has 5 heteroatoms. The molecule has 0 aliphatic carbocycles. The monoisotopic (exact) mass is 165 g/mol. The van der Waals surface area contributed by atoms with Crippen molar-refractivity contribution in [1.82, 2.24) is 14.2 Å². The van der Waals surface area contributed by atoms with E-state index in [1.54, 1.807) is 33.7 Å². The van der Waals surface area contributed by atoms with Crippen molar-refractivity contribution in [3.63, 3.8) is 0 Å². The van der Waals surface area contributed by atoms with Gasteiger partial charge in [-0.05, 0) is 0 Å². The van der Waals surface area contributed by atoms with Crippen molar-refractivity contribution in [1.29, 1.82) is 0 Å². The molecule has 12 heavy (non-hydrogen) atoms. The maximum atomic E-state index is 10.4. The number of rotatable bonds is 2. The normalized spacial score (nSPS) is 10.7. The lowest BCUT2D eigenvalue weighted by Gasteiger charge is -1.95. The Morgan fingerprint density at radius 3 is 3.17 bits per heavy atom. The highest BCUT2D eigenvalue weighted by Crippen LogP contribution is 2.02. The van der Waals surface area contributed by atoms with Crippen LogP contribution in [-0.2, 0) is 11.3 Å². The number of carboxylic acids is 1. The van der Waals surface area contributed by atoms with Gasteiger partial charge in [0.25, 0.3) is 0 Å². The summed E-state index contributed by atoms with van der Waals surface area (Å²) in [6.45, 7) is -0.0256. The fraction of sp³-hybridized carbons (Fsp3) is 0.143. The molecule has 0 atom stereocenters. The molecule has 5 nitrogen and oxygen atoms in total. The van der Waals surface area contributed by atoms with Crippen LogP contribution in [0.5, 0.6) is 0 Å². The van der Waals surface area contributed by atoms with Crippen LogP contribution in [0.4, 0.5) is 0 Å². The van der Waals surface area contributed by atoms with Crippen molar-refractivity contribution in [3.8, 4) is 0 Å². The summed E-state index contributed by atoms with van der Waals surface area (Å²) in [6.07, 6.45) is 5.04. The third-order valence-corrected chi connectivity index (χ3v) is 1.64. The summed E-state index contributed by atoms with van der Waals surface area (Å²) >= 11 is 0. The van der Waals surface area contributed by atoms with Gasteiger partial charge in [0.2, 0.25) is 0 Å². The molecule has 0 aliphatic rings. The predicted molar refractivity (Wildman–Crippen MR) is 40.8 cm³/mol. The van der Waals surface area contributed by atoms with Crippen LogP contribution in [-0.4, -0.2) is 25.3 Å². The molecule has 2 aromatic rings. The number of aliphatic carboxylic acids is 1. The molecule has 0 fully saturated rings. The number of imidazole rings is 1. The fourth-order valence-corrected chi connectivity index (χ4v) is 1.15. The Morgan fingerprint density at radius 1 is 1.58 bits per heavy atom. The molecule has 2 heterocycles. The van der Waals surface area contributed by atoms with Gasteiger partial charge in [0.05, 0.1) is 6.20 Å². The zero-order chi connectivity index (χ0) is 8.55. The maximum absolute atomic E-state index is 10.4. The van der Waals surface area contributed by atoms with Gasteiger partial charge in [0, 0.05) is 18.5 Å². The van der Waals surface area contributed by atoms with Gasteiger partial charge in [-0.1, -0.05) is 0 Å². The van der Waals surface area contributed by atoms with Crippen LogP contribution in [0.25, 0.3) is 5.65 Å². The second-order valence-electron chi connectivity index (χ2n) is 2.45. The van der Waals surface area contributed by atoms with E-state index in [2.05, 4.69) is 5.10 Å². The number of carboxylic acid groups (broad SMARTS) is 1. The van der Waals surface area contributed by atoms with Crippen molar-refractivity contribution in [2.45, 2.75) is 6.54 Å². The number of hydrogen-bond acceptors (Lipinski definition) is 2. The Bertz CT molecular complexity index is 415. The number of nitrogens with zero attached hydrogens (tertiary/aromatic N) is 3. The second kappa shape index (κ2) is 2.37. The van der Waals surface area contributed by atoms with Crippen molar-refractivity contribution in [2.24, 2.45) is 0 Å². The molecule has 0 saturated carbocycles. The van der Waals surface area contributed by atoms with Gasteiger partial charge in [-0.3, -0.25) is 4.79 Å². The van der Waals surface area contributed by atoms with Crippen LogP contribution >= 0.6 is 0 Å². The molecule has 0 aromatic carbocycles. The Hall–Kier alpha value is -1.78. The number of aromatic nitrogens is 3. The number of hydrogen-bond donors (Lipinski definition) is 1. The third kappa shape index (κ3) is 0.952. The zero-order valence-corrected chi connectivity index (χ0v) is 6.21. The number of carbonyl (C=O) groups is 1. The summed E-state index contributed by atoms with van der Waals surface area (Å²) in [4.78, 5) is 10.4. The molecule has 62 valence electrons. The van der Waals surface area contributed by atoms with E-state index in [1.165, 1.54) is 0 Å². The number of fused-ring (bicyclic) bond motifs is 1. The van der Waals surface area contributed by atoms with Crippen LogP contribution in [0.3, 0.4) is 0 Å². The van der Waals surface area contributed by atoms with Gasteiger partial charge in [-0.25, -0.2) is 4.52 Å². The van der Waals surface area contributed by atoms with Gasteiger partial charge < -0.3 is 9.67 Å². The smallest absolute Gasteiger partial charge is 0.323 e. The lowest BCUT2D eigenvalue weighted by atomic mass is 10.6. The van der Waals surface area contributed by atoms with Crippen LogP contribution in [0.15, 0.2) is 24.7 Å². The van der Waals surface area contributed by atoms with E-state index in [1.807, 2.05) is 0 Å². The van der Waals surface area contributed by atoms with Gasteiger partial charge in [0.1, 0.15) is 12.2 Å². The summed E-state index contributed by atoms with van der Waals surface area (Å²) in [6, 6.07) is 1.77. The minimum Gasteiger partial charge on any atom is -0.480 e. The Balaban J connectivity index is 2.47. The highest BCUT2D eigenvalue weighted by atomic mass is 16.4. The molecule has 2 rings (SSSR count). The lowest BCUT2D eigenvalue weighted by molar-refractivity contribution is -0.137. The summed E-state index contributed by atoms with van der Waals surface area (Å²) in [5.74, 6) is -0.852. The molecule has 1 N–H and O–H groups in total. The first-order valence-electron chi connectivity index (χ1n) is 3.47. The van der Waals surface area contributed by atoms with Crippen molar-refractivity contribution in [2.75, 3.05) is 0 Å². The first-order chi connectivity index (χ1) is 5.77. The molecule has 0 bridgehead atoms. The molecule has 0 amide bonds. The SMILES string of the molecule is O=C(O)Cn1ccn2nccc12. The van der Waals surface area contributed by atoms with Crippen LogP contribution in [0.2, 0.25) is 0 Å². The molecule has 2 aromatic heterocycles. The highest BCUT2D eigenvalue weighted by molar-refractivity contribution is 5.67. The van der Waals surface area contributed by atoms with Gasteiger partial charge >= 0.3 is 5.97 Å². The van der Waals surface area contributed by atoms with Crippen LogP contribution in [0, 0.1) is 0 Å². The fourth-order valence-electron chi connectivity index (χ4n) is 1.15. The van der Waals surface area contributed by atoms with Crippen LogP contribution < -0.4 is 0 Å². The average molecular weight is 165 g/mol. The Morgan fingerprint density at radius 2 is 2.42 bits per heavy atom. The molecule has 0 radical (unpaired) electrons. The molecule has 0 saturated heterocycles. The molecular formula is C7H7N3O2. The largest absolute Gasteiger partial charge is 0.480 e. The van der Waals surface area contributed by atoms with Crippen molar-refractivity contribution >= 4 is 11.6 Å². The summed E-state index contributed by atoms with van der Waals surface area (Å²) in [7, 11) is 0. The van der Waals surface area contributed by atoms with E-state index in [0.717, 1.165) is 5.65 Å². The van der Waals surface area contributed by atoms with Crippen molar-refractivity contribution in [3.05, 3.63) is 24.7 Å². The van der Waals surface area contributed by atoms with Gasteiger partial charge in [0.15, 0.2) is 0 Å². The Labute approximate surface area is 67.8 Å². The van der Waals surface area contributed by atoms with E-state index in [9.17, 15) is 4.79 Å². The van der Waals surface area contributed by atoms with Gasteiger partial charge in [-0.2, -0.15) is 5.10 Å². The molecule has 0 aliphatic heterocycles. The highest BCUT2D eigenvalue weighted by Gasteiger charge is 2.03. The van der Waals surface area contributed by atoms with Gasteiger partial charge in [-0.15, -0.1) is 0 Å². The molecule has 0 spiro atoms. The van der Waals surface area contributed by atoms with E-state index >= 15 is 0 Å². The third-order valence-electron chi connectivity index (χ3n) is 1.64. The van der Waals surface area contributed by atoms with Crippen molar-refractivity contribution < 1.29 is 9.90 Å². The lowest BCUT2D eigenvalue weighted by Crippen LogP contribution is -2.07. The minimum absolute atomic E-state index is 0.0256. The molecule has 0 unspecified atom stereocenters. The summed E-state index contributed by atoms with van der Waals surface area (Å²) < 4.78 is 3.25. The molecular weight excluding hydrogens is 158 g/mol. The first kappa shape index (κ1) is 6.90. The first-order valence-corrected chi connectivity index (χ1v) is 3.47. The minimum atomic E-state index is -0.852.